The smallest absolute Gasteiger partial charge is 0.481 e. The van der Waals surface area contributed by atoms with Gasteiger partial charge in [0.05, 0.1) is 14.9 Å². The van der Waals surface area contributed by atoms with Crippen LogP contribution in [0.25, 0.3) is 0 Å². The molecule has 1 aromatic rings. The highest BCUT2D eigenvalue weighted by Crippen LogP contribution is 2.37. The first-order chi connectivity index (χ1) is 8.61. The van der Waals surface area contributed by atoms with Gasteiger partial charge in [0.1, 0.15) is 5.69 Å². The second-order valence-electron chi connectivity index (χ2n) is 3.11. The number of hydrogen-bond acceptors (Lipinski definition) is 5. The fraction of sp³-hybridized carbons (Fsp3) is 0.250. The maximum Gasteiger partial charge on any atom is 0.573 e. The third kappa shape index (κ3) is 4.18. The van der Waals surface area contributed by atoms with Crippen LogP contribution in [0.1, 0.15) is 5.69 Å². The number of carboxylic acid groups (broad SMARTS) is 1. The van der Waals surface area contributed by atoms with Crippen LogP contribution in [-0.4, -0.2) is 27.3 Å². The van der Waals surface area contributed by atoms with E-state index < -0.39 is 40.8 Å². The zero-order valence-electron chi connectivity index (χ0n) is 8.77. The predicted octanol–water partition coefficient (Wildman–Crippen LogP) is 2.12. The molecule has 1 heterocycles. The van der Waals surface area contributed by atoms with Crippen molar-refractivity contribution in [3.63, 3.8) is 0 Å². The van der Waals surface area contributed by atoms with Gasteiger partial charge in [-0.3, -0.25) is 19.9 Å². The highest BCUT2D eigenvalue weighted by Gasteiger charge is 2.37. The van der Waals surface area contributed by atoms with Crippen molar-refractivity contribution in [2.24, 2.45) is 0 Å². The lowest BCUT2D eigenvalue weighted by Gasteiger charge is -2.11. The highest BCUT2D eigenvalue weighted by molar-refractivity contribution is 14.1. The first-order valence-electron chi connectivity index (χ1n) is 4.41. The van der Waals surface area contributed by atoms with Crippen LogP contribution in [0, 0.1) is 13.7 Å². The summed E-state index contributed by atoms with van der Waals surface area (Å²) in [6.07, 6.45) is -5.15. The molecule has 0 fully saturated rings. The summed E-state index contributed by atoms with van der Waals surface area (Å²) in [6, 6.07) is 0. The fourth-order valence-corrected chi connectivity index (χ4v) is 1.68. The number of hydrogen-bond donors (Lipinski definition) is 1. The SMILES string of the molecule is O=C(O)Cc1ncc(I)c(OC(F)(F)F)c1[N+](=O)[O-]. The molecular weight excluding hydrogens is 388 g/mol. The van der Waals surface area contributed by atoms with Crippen LogP contribution < -0.4 is 4.74 Å². The van der Waals surface area contributed by atoms with Crippen LogP contribution in [0.5, 0.6) is 5.75 Å². The minimum atomic E-state index is -5.13. The van der Waals surface area contributed by atoms with Gasteiger partial charge in [0.15, 0.2) is 0 Å². The number of ether oxygens (including phenoxy) is 1. The molecule has 0 aromatic carbocycles. The Morgan fingerprint density at radius 2 is 2.16 bits per heavy atom. The molecule has 0 aliphatic rings. The highest BCUT2D eigenvalue weighted by atomic mass is 127. The molecule has 104 valence electrons. The number of carbonyl (C=O) groups is 1. The van der Waals surface area contributed by atoms with Crippen molar-refractivity contribution >= 4 is 34.2 Å². The molecule has 0 aliphatic carbocycles. The fourth-order valence-electron chi connectivity index (χ4n) is 1.17. The van der Waals surface area contributed by atoms with Crippen LogP contribution in [0.15, 0.2) is 6.20 Å². The first-order valence-corrected chi connectivity index (χ1v) is 5.49. The molecule has 0 atom stereocenters. The van der Waals surface area contributed by atoms with E-state index in [1.54, 1.807) is 0 Å². The number of nitro groups is 1. The number of aromatic nitrogens is 1. The summed E-state index contributed by atoms with van der Waals surface area (Å²) < 4.78 is 39.8. The van der Waals surface area contributed by atoms with E-state index in [4.69, 9.17) is 5.11 Å². The minimum absolute atomic E-state index is 0.254. The minimum Gasteiger partial charge on any atom is -0.481 e. The van der Waals surface area contributed by atoms with Crippen molar-refractivity contribution in [1.82, 2.24) is 4.98 Å². The molecule has 11 heteroatoms. The van der Waals surface area contributed by atoms with Gasteiger partial charge in [-0.2, -0.15) is 0 Å². The number of halogens is 4. The Labute approximate surface area is 116 Å². The summed E-state index contributed by atoms with van der Waals surface area (Å²) >= 11 is 1.37. The normalized spacial score (nSPS) is 11.2. The molecule has 0 bridgehead atoms. The first kappa shape index (κ1) is 15.4. The van der Waals surface area contributed by atoms with E-state index in [9.17, 15) is 28.1 Å². The van der Waals surface area contributed by atoms with Gasteiger partial charge in [-0.15, -0.1) is 13.2 Å². The molecular formula is C8H4F3IN2O5. The van der Waals surface area contributed by atoms with Crippen LogP contribution in [0.2, 0.25) is 0 Å². The molecule has 0 radical (unpaired) electrons. The van der Waals surface area contributed by atoms with Gasteiger partial charge in [0, 0.05) is 6.20 Å². The summed E-state index contributed by atoms with van der Waals surface area (Å²) in [4.78, 5) is 23.6. The molecule has 1 rings (SSSR count). The van der Waals surface area contributed by atoms with Crippen molar-refractivity contribution in [2.45, 2.75) is 12.8 Å². The van der Waals surface area contributed by atoms with Gasteiger partial charge in [-0.25, -0.2) is 0 Å². The predicted molar refractivity (Wildman–Crippen MR) is 61.6 cm³/mol. The van der Waals surface area contributed by atoms with Crippen molar-refractivity contribution < 1.29 is 32.7 Å². The van der Waals surface area contributed by atoms with E-state index in [0.29, 0.717) is 0 Å². The van der Waals surface area contributed by atoms with Crippen molar-refractivity contribution in [2.75, 3.05) is 0 Å². The monoisotopic (exact) mass is 392 g/mol. The summed E-state index contributed by atoms with van der Waals surface area (Å²) in [7, 11) is 0. The number of nitrogens with zero attached hydrogens (tertiary/aromatic N) is 2. The lowest BCUT2D eigenvalue weighted by atomic mass is 10.2. The van der Waals surface area contributed by atoms with Gasteiger partial charge < -0.3 is 9.84 Å². The van der Waals surface area contributed by atoms with Crippen molar-refractivity contribution in [3.8, 4) is 5.75 Å². The molecule has 0 unspecified atom stereocenters. The molecule has 0 amide bonds. The van der Waals surface area contributed by atoms with E-state index in [0.717, 1.165) is 6.20 Å². The number of pyridine rings is 1. The average molecular weight is 392 g/mol. The molecule has 0 aliphatic heterocycles. The van der Waals surface area contributed by atoms with Gasteiger partial charge in [0.2, 0.25) is 5.75 Å². The molecule has 0 spiro atoms. The number of aliphatic carboxylic acids is 1. The number of carboxylic acids is 1. The largest absolute Gasteiger partial charge is 0.573 e. The number of rotatable bonds is 4. The second-order valence-corrected chi connectivity index (χ2v) is 4.27. The van der Waals surface area contributed by atoms with Gasteiger partial charge in [-0.05, 0) is 22.6 Å². The maximum absolute atomic E-state index is 12.2. The topological polar surface area (TPSA) is 103 Å². The van der Waals surface area contributed by atoms with Gasteiger partial charge in [-0.1, -0.05) is 0 Å². The average Bonchev–Trinajstić information content (AvgIpc) is 2.19. The number of alkyl halides is 3. The van der Waals surface area contributed by atoms with Gasteiger partial charge >= 0.3 is 18.0 Å². The molecule has 1 aromatic heterocycles. The Morgan fingerprint density at radius 1 is 1.58 bits per heavy atom. The molecule has 19 heavy (non-hydrogen) atoms. The Balaban J connectivity index is 3.41. The Kier molecular flexibility index (Phi) is 4.49. The van der Waals surface area contributed by atoms with E-state index in [-0.39, 0.29) is 3.57 Å². The summed E-state index contributed by atoms with van der Waals surface area (Å²) in [5.74, 6) is -2.53. The summed E-state index contributed by atoms with van der Waals surface area (Å²) in [5, 5.41) is 19.3. The molecule has 7 nitrogen and oxygen atoms in total. The van der Waals surface area contributed by atoms with Crippen molar-refractivity contribution in [3.05, 3.63) is 25.6 Å². The third-order valence-electron chi connectivity index (χ3n) is 1.76. The standard InChI is InChI=1S/C8H4F3IN2O5/c9-8(10,11)19-7-3(12)2-13-4(1-5(15)16)6(7)14(17)18/h2H,1H2,(H,15,16). The summed E-state index contributed by atoms with van der Waals surface area (Å²) in [6.45, 7) is 0. The van der Waals surface area contributed by atoms with Crippen LogP contribution >= 0.6 is 22.6 Å². The summed E-state index contributed by atoms with van der Waals surface area (Å²) in [5.41, 5.74) is -1.72. The Bertz CT molecular complexity index is 534. The molecule has 0 saturated carbocycles. The zero-order chi connectivity index (χ0) is 14.8. The van der Waals surface area contributed by atoms with E-state index in [1.807, 2.05) is 0 Å². The van der Waals surface area contributed by atoms with E-state index >= 15 is 0 Å². The zero-order valence-corrected chi connectivity index (χ0v) is 10.9. The quantitative estimate of drug-likeness (QED) is 0.479. The lowest BCUT2D eigenvalue weighted by Crippen LogP contribution is -2.20. The third-order valence-corrected chi connectivity index (χ3v) is 2.53. The second kappa shape index (κ2) is 5.54. The Morgan fingerprint density at radius 3 is 2.58 bits per heavy atom. The lowest BCUT2D eigenvalue weighted by molar-refractivity contribution is -0.389. The maximum atomic E-state index is 12.2. The van der Waals surface area contributed by atoms with E-state index in [2.05, 4.69) is 9.72 Å². The van der Waals surface area contributed by atoms with Crippen LogP contribution in [0.3, 0.4) is 0 Å². The Hall–Kier alpha value is -1.66. The van der Waals surface area contributed by atoms with Gasteiger partial charge in [0.25, 0.3) is 0 Å². The van der Waals surface area contributed by atoms with E-state index in [1.165, 1.54) is 22.6 Å². The molecule has 0 saturated heterocycles. The van der Waals surface area contributed by atoms with Crippen molar-refractivity contribution in [1.29, 1.82) is 0 Å². The molecule has 1 N–H and O–H groups in total. The van der Waals surface area contributed by atoms with Crippen LogP contribution in [-0.2, 0) is 11.2 Å². The van der Waals surface area contributed by atoms with Crippen LogP contribution in [0.4, 0.5) is 18.9 Å².